The number of hydrogen-bond donors (Lipinski definition) is 10. The van der Waals surface area contributed by atoms with Crippen LogP contribution in [0.4, 0.5) is 0 Å². The van der Waals surface area contributed by atoms with E-state index in [0.717, 1.165) is 79.3 Å². The van der Waals surface area contributed by atoms with Gasteiger partial charge in [0.15, 0.2) is 11.5 Å². The maximum atomic E-state index is 13.2. The van der Waals surface area contributed by atoms with Crippen LogP contribution in [0.15, 0.2) is 120 Å². The van der Waals surface area contributed by atoms with E-state index >= 15 is 0 Å². The lowest BCUT2D eigenvalue weighted by atomic mass is 9.32. The number of nitrogens with two attached hydrogens (primary N) is 1. The summed E-state index contributed by atoms with van der Waals surface area (Å²) in [6, 6.07) is 28.3. The summed E-state index contributed by atoms with van der Waals surface area (Å²) in [4.78, 5) is 3.40. The van der Waals surface area contributed by atoms with E-state index in [4.69, 9.17) is 10.5 Å². The first-order valence-electron chi connectivity index (χ1n) is 33.0. The molecule has 3 heterocycles. The molecule has 1 saturated heterocycles. The second-order valence-corrected chi connectivity index (χ2v) is 30.9. The lowest BCUT2D eigenvalue weighted by molar-refractivity contribution is -0.239. The fourth-order valence-corrected chi connectivity index (χ4v) is 23.4. The second kappa shape index (κ2) is 24.0. The van der Waals surface area contributed by atoms with Gasteiger partial charge in [-0.05, 0) is 213 Å². The van der Waals surface area contributed by atoms with Crippen molar-refractivity contribution in [2.24, 2.45) is 75.2 Å². The fraction of sp³-hybridized carbons (Fsp3) is 0.589. The van der Waals surface area contributed by atoms with Crippen LogP contribution in [0.5, 0.6) is 11.5 Å². The molecule has 0 radical (unpaired) electrons. The van der Waals surface area contributed by atoms with Crippen LogP contribution < -0.4 is 15.8 Å². The second-order valence-electron chi connectivity index (χ2n) is 28.4. The van der Waals surface area contributed by atoms with Gasteiger partial charge in [0.05, 0.1) is 30.5 Å². The van der Waals surface area contributed by atoms with Crippen molar-refractivity contribution in [1.82, 2.24) is 10.3 Å². The third kappa shape index (κ3) is 10.2. The zero-order chi connectivity index (χ0) is 59.1. The Morgan fingerprint density at radius 3 is 2.45 bits per heavy atom. The molecular weight excluding hydrogens is 1110 g/mol. The van der Waals surface area contributed by atoms with Crippen molar-refractivity contribution < 1.29 is 40.5 Å². The zero-order valence-corrected chi connectivity index (χ0v) is 51.7. The van der Waals surface area contributed by atoms with Crippen LogP contribution >= 0.6 is 21.6 Å². The molecule has 1 aromatic heterocycles. The molecule has 2 aliphatic heterocycles. The van der Waals surface area contributed by atoms with Gasteiger partial charge < -0.3 is 56.5 Å². The van der Waals surface area contributed by atoms with E-state index in [0.29, 0.717) is 80.7 Å². The number of allylic oxidation sites excluding steroid dienone is 3. The molecule has 11 nitrogen and oxygen atoms in total. The van der Waals surface area contributed by atoms with Gasteiger partial charge in [-0.1, -0.05) is 119 Å². The average Bonchev–Trinajstić information content (AvgIpc) is 1.03. The minimum atomic E-state index is -1.08. The van der Waals surface area contributed by atoms with E-state index in [2.05, 4.69) is 102 Å². The first-order valence-corrected chi connectivity index (χ1v) is 35.5. The standard InChI is InChI=1S/C73H91N3O8S2/c1-2-42-28-47-32-62(81)64(84-65-33-48(29-51-15-9-26-75-51)53-22-27-76-70(74)58(53)41-86-85-40-49(39-77)68(65)83)35-55(47)56-34-63(82)67-45(30-54(42)56)20-24-71(37-52(78)16-17-60(67)79)38-57(43-10-4-3-5-11-43)59-31-44-12-6-7-13-46(44)36-72-23-8-14-50(72)21-25-73(59)66(72)19-18-61(80)69(71)73/h3-7,9-13,15,22,26,30,32,35,42,45,48-50,52,56-57,59-61,63,65-69,75-83H,2,8,14,16-19,21,23,25,27-29,31,33-34,36-41,74H2,1H3/t42-,45-,48+,49-,50+,52-,56+,57-,59-,60-,61+,63+,65-,66+,67+,68-,69+,71-,72-,73+/m0/s1. The van der Waals surface area contributed by atoms with Gasteiger partial charge in [0.25, 0.3) is 0 Å². The molecule has 13 heteroatoms. The Morgan fingerprint density at radius 1 is 0.814 bits per heavy atom. The molecule has 0 unspecified atom stereocenters. The van der Waals surface area contributed by atoms with E-state index < -0.39 is 59.8 Å². The molecule has 8 aliphatic carbocycles. The maximum Gasteiger partial charge on any atom is 0.161 e. The van der Waals surface area contributed by atoms with E-state index in [9.17, 15) is 35.7 Å². The first-order chi connectivity index (χ1) is 41.8. The number of nitrogens with one attached hydrogen (secondary N) is 2. The maximum absolute atomic E-state index is 13.2. The van der Waals surface area contributed by atoms with E-state index in [1.54, 1.807) is 21.6 Å². The summed E-state index contributed by atoms with van der Waals surface area (Å²) in [5, 5.41) is 90.3. The summed E-state index contributed by atoms with van der Waals surface area (Å²) in [5.41, 5.74) is 16.5. The predicted molar refractivity (Wildman–Crippen MR) is 341 cm³/mol. The number of fused-ring (bicyclic) bond motifs is 7. The number of phenols is 1. The SMILES string of the molecule is CC[C@H]1Cc2cc(O)c(O[C@H]3C[C@@H](Cc4ccc[nH]4)C4=CCNC(N)=C4CSSC[C@H](CO)[C@@H]3O)cc2[C@@H]2C[C@@H](O)[C@@H]3[C@@H](C#C[C@]4(C[C@@H](O)CC[C@@H]3O)C[C@@H](c3ccccc3)[C@@H]3Cc5ccccc5C[C@@]56CCC[C@@H]5CC[C@@]35[C@@H]4[C@H](O)CC[C@H]65)C=C12. The fourth-order valence-electron chi connectivity index (χ4n) is 20.9. The van der Waals surface area contributed by atoms with Crippen molar-refractivity contribution in [3.8, 4) is 23.3 Å². The quantitative estimate of drug-likeness (QED) is 0.0477. The third-order valence-corrected chi connectivity index (χ3v) is 26.8. The number of H-pyrrole nitrogens is 1. The van der Waals surface area contributed by atoms with Gasteiger partial charge >= 0.3 is 0 Å². The Morgan fingerprint density at radius 2 is 1.64 bits per heavy atom. The number of rotatable bonds is 7. The summed E-state index contributed by atoms with van der Waals surface area (Å²) >= 11 is 0. The van der Waals surface area contributed by atoms with Crippen molar-refractivity contribution in [2.75, 3.05) is 24.7 Å². The van der Waals surface area contributed by atoms with Gasteiger partial charge in [0.2, 0.25) is 0 Å². The number of aromatic hydroxyl groups is 1. The molecule has 86 heavy (non-hydrogen) atoms. The lowest BCUT2D eigenvalue weighted by Crippen LogP contribution is -2.68. The number of dihydropyridines is 1. The topological polar surface area (TPSA) is 205 Å². The van der Waals surface area contributed by atoms with Gasteiger partial charge in [-0.15, -0.1) is 0 Å². The number of ether oxygens (including phenoxy) is 1. The molecule has 11 N–H and O–H groups in total. The number of aliphatic hydroxyl groups is 6. The van der Waals surface area contributed by atoms with Crippen molar-refractivity contribution in [2.45, 2.75) is 171 Å². The highest BCUT2D eigenvalue weighted by atomic mass is 33.1. The molecule has 458 valence electrons. The van der Waals surface area contributed by atoms with Crippen LogP contribution in [0.3, 0.4) is 0 Å². The van der Waals surface area contributed by atoms with Crippen molar-refractivity contribution in [3.63, 3.8) is 0 Å². The monoisotopic (exact) mass is 1200 g/mol. The molecule has 20 atom stereocenters. The molecule has 3 spiro atoms. The van der Waals surface area contributed by atoms with Gasteiger partial charge in [0.1, 0.15) is 11.9 Å². The predicted octanol–water partition coefficient (Wildman–Crippen LogP) is 10.8. The highest BCUT2D eigenvalue weighted by Gasteiger charge is 2.72. The summed E-state index contributed by atoms with van der Waals surface area (Å²) < 4.78 is 7.05. The molecule has 2 bridgehead atoms. The Bertz CT molecular complexity index is 3280. The average molecular weight is 1200 g/mol. The van der Waals surface area contributed by atoms with Gasteiger partial charge in [0, 0.05) is 77.1 Å². The summed E-state index contributed by atoms with van der Waals surface area (Å²) in [5.74, 6) is 9.48. The van der Waals surface area contributed by atoms with Crippen LogP contribution in [-0.4, -0.2) is 102 Å². The van der Waals surface area contributed by atoms with Crippen LogP contribution in [0.25, 0.3) is 0 Å². The molecule has 4 aromatic rings. The molecule has 5 fully saturated rings. The largest absolute Gasteiger partial charge is 0.504 e. The van der Waals surface area contributed by atoms with E-state index in [1.165, 1.54) is 41.5 Å². The molecular formula is C73H91N3O8S2. The van der Waals surface area contributed by atoms with Crippen LogP contribution in [0, 0.1) is 81.3 Å². The minimum absolute atomic E-state index is 0.0192. The zero-order valence-electron chi connectivity index (χ0n) is 50.0. The molecule has 3 aromatic carbocycles. The van der Waals surface area contributed by atoms with Crippen molar-refractivity contribution in [3.05, 3.63) is 153 Å². The van der Waals surface area contributed by atoms with Gasteiger partial charge in [-0.25, -0.2) is 0 Å². The summed E-state index contributed by atoms with van der Waals surface area (Å²) in [6.45, 7) is 2.55. The normalized spacial score (nSPS) is 40.2. The number of hydrogen-bond acceptors (Lipinski definition) is 12. The highest BCUT2D eigenvalue weighted by molar-refractivity contribution is 8.76. The third-order valence-electron chi connectivity index (χ3n) is 24.4. The number of phenolic OH excluding ortho intramolecular Hbond substituents is 1. The van der Waals surface area contributed by atoms with Gasteiger partial charge in [-0.3, -0.25) is 0 Å². The van der Waals surface area contributed by atoms with E-state index in [-0.39, 0.29) is 64.4 Å². The lowest BCUT2D eigenvalue weighted by Gasteiger charge is -2.72. The number of benzene rings is 3. The Balaban J connectivity index is 0.874. The van der Waals surface area contributed by atoms with Crippen LogP contribution in [-0.2, 0) is 25.7 Å². The number of aliphatic hydroxyl groups excluding tert-OH is 6. The Kier molecular flexibility index (Phi) is 16.4. The molecule has 14 rings (SSSR count). The van der Waals surface area contributed by atoms with Crippen molar-refractivity contribution in [1.29, 1.82) is 0 Å². The van der Waals surface area contributed by atoms with Crippen LogP contribution in [0.2, 0.25) is 0 Å². The van der Waals surface area contributed by atoms with Gasteiger partial charge in [-0.2, -0.15) is 0 Å². The Labute approximate surface area is 517 Å². The first kappa shape index (κ1) is 59.0. The molecule has 4 saturated carbocycles. The molecule has 0 amide bonds. The van der Waals surface area contributed by atoms with Crippen LogP contribution in [0.1, 0.15) is 142 Å². The minimum Gasteiger partial charge on any atom is -0.504 e. The summed E-state index contributed by atoms with van der Waals surface area (Å²) in [7, 11) is 3.27. The van der Waals surface area contributed by atoms with E-state index in [1.807, 2.05) is 24.4 Å². The number of aromatic amines is 1. The van der Waals surface area contributed by atoms with Crippen molar-refractivity contribution >= 4 is 21.6 Å². The summed E-state index contributed by atoms with van der Waals surface area (Å²) in [6.07, 6.45) is 15.7. The number of aromatic nitrogens is 1. The smallest absolute Gasteiger partial charge is 0.161 e. The Hall–Kier alpha value is -4.62. The molecule has 10 aliphatic rings. The highest BCUT2D eigenvalue weighted by Crippen LogP contribution is 2.77.